The van der Waals surface area contributed by atoms with Gasteiger partial charge in [0.1, 0.15) is 12.4 Å². The highest BCUT2D eigenvalue weighted by molar-refractivity contribution is 6.33. The first-order chi connectivity index (χ1) is 16.0. The molecule has 1 amide bonds. The van der Waals surface area contributed by atoms with Crippen LogP contribution in [0.4, 0.5) is 5.69 Å². The molecule has 0 unspecified atom stereocenters. The van der Waals surface area contributed by atoms with Crippen molar-refractivity contribution in [2.75, 3.05) is 39.4 Å². The number of β-amino-alcohol motifs (C(OH)–C–C–N with tert-alkyl or cyclic N) is 1. The van der Waals surface area contributed by atoms with Gasteiger partial charge in [0.2, 0.25) is 0 Å². The number of halogens is 1. The van der Waals surface area contributed by atoms with E-state index < -0.39 is 0 Å². The molecule has 33 heavy (non-hydrogen) atoms. The Morgan fingerprint density at radius 3 is 2.88 bits per heavy atom. The van der Waals surface area contributed by atoms with E-state index >= 15 is 0 Å². The smallest absolute Gasteiger partial charge is 0.252 e. The number of ketones is 1. The van der Waals surface area contributed by atoms with Crippen molar-refractivity contribution in [2.24, 2.45) is 10.9 Å². The maximum absolute atomic E-state index is 12.7. The molecule has 3 heterocycles. The van der Waals surface area contributed by atoms with Gasteiger partial charge in [0.15, 0.2) is 5.78 Å². The quantitative estimate of drug-likeness (QED) is 0.614. The van der Waals surface area contributed by atoms with Gasteiger partial charge >= 0.3 is 0 Å². The Kier molecular flexibility index (Phi) is 7.69. The summed E-state index contributed by atoms with van der Waals surface area (Å²) in [6, 6.07) is 6.60. The van der Waals surface area contributed by atoms with Crippen molar-refractivity contribution in [3.05, 3.63) is 52.8 Å². The fraction of sp³-hybridized carbons (Fsp3) is 0.417. The number of hydrogen-bond donors (Lipinski definition) is 2. The number of rotatable bonds is 8. The molecule has 0 aliphatic carbocycles. The average Bonchev–Trinajstić information content (AvgIpc) is 2.83. The van der Waals surface area contributed by atoms with E-state index in [0.717, 1.165) is 25.9 Å². The van der Waals surface area contributed by atoms with Gasteiger partial charge in [0.05, 0.1) is 41.2 Å². The summed E-state index contributed by atoms with van der Waals surface area (Å²) in [6.07, 6.45) is 5.30. The molecule has 4 rings (SSSR count). The van der Waals surface area contributed by atoms with Crippen LogP contribution in [0.1, 0.15) is 40.0 Å². The van der Waals surface area contributed by atoms with Crippen molar-refractivity contribution in [2.45, 2.75) is 19.3 Å². The molecule has 9 heteroatoms. The maximum Gasteiger partial charge on any atom is 0.252 e. The Labute approximate surface area is 197 Å². The standard InChI is InChI=1S/C24H27ClN4O4/c25-21-2-1-18(33-15-17-11-23(31)19-3-6-26-14-22(19)28-17)12-20(21)24(32)27-13-16-4-7-29(8-5-16)9-10-30/h1-3,6,12,14,16,30H,4-5,7-11,13,15H2,(H,27,32). The number of Topliss-reactive ketones (excluding diaryl/α,β-unsaturated/α-hetero) is 1. The number of aliphatic imine (C=N–C) groups is 1. The summed E-state index contributed by atoms with van der Waals surface area (Å²) in [4.78, 5) is 35.8. The Morgan fingerprint density at radius 1 is 1.27 bits per heavy atom. The van der Waals surface area contributed by atoms with Crippen LogP contribution in [0.15, 0.2) is 41.7 Å². The summed E-state index contributed by atoms with van der Waals surface area (Å²) in [7, 11) is 0. The molecule has 8 nitrogen and oxygen atoms in total. The van der Waals surface area contributed by atoms with Crippen molar-refractivity contribution in [3.63, 3.8) is 0 Å². The molecule has 0 radical (unpaired) electrons. The van der Waals surface area contributed by atoms with E-state index in [0.29, 0.717) is 52.3 Å². The number of aliphatic hydroxyl groups is 1. The lowest BCUT2D eigenvalue weighted by molar-refractivity contribution is 0.0931. The second-order valence-corrected chi connectivity index (χ2v) is 8.73. The minimum atomic E-state index is -0.242. The monoisotopic (exact) mass is 470 g/mol. The molecular formula is C24H27ClN4O4. The topological polar surface area (TPSA) is 104 Å². The number of aromatic nitrogens is 1. The molecule has 0 bridgehead atoms. The molecular weight excluding hydrogens is 444 g/mol. The van der Waals surface area contributed by atoms with Crippen molar-refractivity contribution in [1.29, 1.82) is 0 Å². The van der Waals surface area contributed by atoms with E-state index in [1.165, 1.54) is 0 Å². The normalized spacial score (nSPS) is 16.8. The number of benzene rings is 1. The first-order valence-electron chi connectivity index (χ1n) is 11.1. The predicted octanol–water partition coefficient (Wildman–Crippen LogP) is 2.91. The highest BCUT2D eigenvalue weighted by atomic mass is 35.5. The summed E-state index contributed by atoms with van der Waals surface area (Å²) < 4.78 is 5.82. The number of amides is 1. The van der Waals surface area contributed by atoms with Crippen molar-refractivity contribution >= 4 is 34.7 Å². The van der Waals surface area contributed by atoms with Gasteiger partial charge in [-0.25, -0.2) is 0 Å². The molecule has 2 aliphatic heterocycles. The van der Waals surface area contributed by atoms with Gasteiger partial charge in [-0.2, -0.15) is 0 Å². The number of likely N-dealkylation sites (tertiary alicyclic amines) is 1. The number of pyridine rings is 1. The van der Waals surface area contributed by atoms with Gasteiger partial charge in [0.25, 0.3) is 5.91 Å². The Balaban J connectivity index is 1.33. The lowest BCUT2D eigenvalue weighted by Crippen LogP contribution is -2.39. The van der Waals surface area contributed by atoms with Crippen LogP contribution in [-0.2, 0) is 0 Å². The van der Waals surface area contributed by atoms with Gasteiger partial charge in [-0.1, -0.05) is 11.6 Å². The molecule has 2 aromatic rings. The van der Waals surface area contributed by atoms with Gasteiger partial charge in [-0.05, 0) is 56.1 Å². The molecule has 2 N–H and O–H groups in total. The van der Waals surface area contributed by atoms with E-state index in [1.54, 1.807) is 36.7 Å². The van der Waals surface area contributed by atoms with E-state index in [1.807, 2.05) is 0 Å². The predicted molar refractivity (Wildman–Crippen MR) is 126 cm³/mol. The number of piperidine rings is 1. The zero-order valence-corrected chi connectivity index (χ0v) is 19.1. The number of carbonyl (C=O) groups is 2. The molecule has 0 spiro atoms. The molecule has 174 valence electrons. The Hall–Kier alpha value is -2.81. The number of hydrogen-bond acceptors (Lipinski definition) is 7. The number of aliphatic hydroxyl groups excluding tert-OH is 1. The van der Waals surface area contributed by atoms with Gasteiger partial charge in [-0.3, -0.25) is 19.6 Å². The van der Waals surface area contributed by atoms with Crippen LogP contribution in [0.5, 0.6) is 5.75 Å². The number of ether oxygens (including phenoxy) is 1. The molecule has 2 aliphatic rings. The van der Waals surface area contributed by atoms with Gasteiger partial charge in [0, 0.05) is 24.8 Å². The van der Waals surface area contributed by atoms with Crippen LogP contribution in [0.3, 0.4) is 0 Å². The fourth-order valence-corrected chi connectivity index (χ4v) is 4.31. The third-order valence-electron chi connectivity index (χ3n) is 6.01. The average molecular weight is 471 g/mol. The summed E-state index contributed by atoms with van der Waals surface area (Å²) in [6.45, 7) is 3.45. The van der Waals surface area contributed by atoms with E-state index in [2.05, 4.69) is 20.2 Å². The first kappa shape index (κ1) is 23.4. The van der Waals surface area contributed by atoms with E-state index in [4.69, 9.17) is 21.4 Å². The zero-order chi connectivity index (χ0) is 23.2. The molecule has 1 aromatic heterocycles. The van der Waals surface area contributed by atoms with Crippen LogP contribution in [0.25, 0.3) is 0 Å². The summed E-state index contributed by atoms with van der Waals surface area (Å²) in [5, 5.41) is 12.4. The zero-order valence-electron chi connectivity index (χ0n) is 18.3. The van der Waals surface area contributed by atoms with Crippen LogP contribution >= 0.6 is 11.6 Å². The van der Waals surface area contributed by atoms with Crippen LogP contribution in [-0.4, -0.2) is 71.8 Å². The van der Waals surface area contributed by atoms with Crippen LogP contribution in [0, 0.1) is 5.92 Å². The fourth-order valence-electron chi connectivity index (χ4n) is 4.11. The van der Waals surface area contributed by atoms with E-state index in [-0.39, 0.29) is 31.3 Å². The summed E-state index contributed by atoms with van der Waals surface area (Å²) >= 11 is 6.27. The lowest BCUT2D eigenvalue weighted by Gasteiger charge is -2.31. The highest BCUT2D eigenvalue weighted by Gasteiger charge is 2.22. The first-order valence-corrected chi connectivity index (χ1v) is 11.5. The molecule has 0 atom stereocenters. The minimum Gasteiger partial charge on any atom is -0.488 e. The van der Waals surface area contributed by atoms with E-state index in [9.17, 15) is 9.59 Å². The summed E-state index contributed by atoms with van der Waals surface area (Å²) in [5.74, 6) is 0.628. The third-order valence-corrected chi connectivity index (χ3v) is 6.34. The highest BCUT2D eigenvalue weighted by Crippen LogP contribution is 2.26. The number of fused-ring (bicyclic) bond motifs is 1. The summed E-state index contributed by atoms with van der Waals surface area (Å²) in [5.41, 5.74) is 2.07. The largest absolute Gasteiger partial charge is 0.488 e. The number of carbonyl (C=O) groups excluding carboxylic acids is 2. The second-order valence-electron chi connectivity index (χ2n) is 8.32. The second kappa shape index (κ2) is 10.9. The van der Waals surface area contributed by atoms with Crippen molar-refractivity contribution in [1.82, 2.24) is 15.2 Å². The third kappa shape index (κ3) is 5.96. The van der Waals surface area contributed by atoms with Crippen molar-refractivity contribution < 1.29 is 19.4 Å². The van der Waals surface area contributed by atoms with Crippen LogP contribution < -0.4 is 10.1 Å². The molecule has 1 aromatic carbocycles. The number of nitrogens with zero attached hydrogens (tertiary/aromatic N) is 3. The Bertz CT molecular complexity index is 1050. The molecule has 1 saturated heterocycles. The molecule has 1 fully saturated rings. The minimum absolute atomic E-state index is 0.0145. The van der Waals surface area contributed by atoms with Crippen molar-refractivity contribution in [3.8, 4) is 5.75 Å². The van der Waals surface area contributed by atoms with Gasteiger partial charge < -0.3 is 20.1 Å². The maximum atomic E-state index is 12.7. The number of nitrogens with one attached hydrogen (secondary N) is 1. The lowest BCUT2D eigenvalue weighted by atomic mass is 9.96. The van der Waals surface area contributed by atoms with Gasteiger partial charge in [-0.15, -0.1) is 0 Å². The Morgan fingerprint density at radius 2 is 2.09 bits per heavy atom. The SMILES string of the molecule is O=C(NCC1CCN(CCO)CC1)c1cc(OCC2=Nc3cnccc3C(=O)C2)ccc1Cl. The molecule has 0 saturated carbocycles. The van der Waals surface area contributed by atoms with Crippen LogP contribution in [0.2, 0.25) is 5.02 Å².